The monoisotopic (exact) mass is 234 g/mol. The predicted octanol–water partition coefficient (Wildman–Crippen LogP) is 3.19. The Morgan fingerprint density at radius 2 is 1.69 bits per heavy atom. The SMILES string of the molecule is Nc1ncsc1C12CC3CC(CC(C3)C1)C2. The summed E-state index contributed by atoms with van der Waals surface area (Å²) >= 11 is 1.80. The van der Waals surface area contributed by atoms with Crippen LogP contribution in [-0.2, 0) is 5.41 Å². The summed E-state index contributed by atoms with van der Waals surface area (Å²) in [7, 11) is 0. The number of anilines is 1. The van der Waals surface area contributed by atoms with E-state index in [4.69, 9.17) is 5.73 Å². The van der Waals surface area contributed by atoms with Crippen molar-refractivity contribution in [3.8, 4) is 0 Å². The molecule has 2 N–H and O–H groups in total. The highest BCUT2D eigenvalue weighted by Gasteiger charge is 2.52. The third-order valence-corrected chi connectivity index (χ3v) is 6.20. The molecule has 0 amide bonds. The van der Waals surface area contributed by atoms with Crippen molar-refractivity contribution < 1.29 is 0 Å². The van der Waals surface area contributed by atoms with Crippen molar-refractivity contribution in [3.63, 3.8) is 0 Å². The fourth-order valence-electron chi connectivity index (χ4n) is 5.04. The molecule has 0 atom stereocenters. The van der Waals surface area contributed by atoms with Gasteiger partial charge >= 0.3 is 0 Å². The summed E-state index contributed by atoms with van der Waals surface area (Å²) in [5, 5.41) is 0. The number of nitrogen functional groups attached to an aromatic ring is 1. The van der Waals surface area contributed by atoms with E-state index in [2.05, 4.69) is 4.98 Å². The number of nitrogens with zero attached hydrogens (tertiary/aromatic N) is 1. The fourth-order valence-corrected chi connectivity index (χ4v) is 5.99. The second kappa shape index (κ2) is 3.00. The van der Waals surface area contributed by atoms with Gasteiger partial charge in [0.1, 0.15) is 5.82 Å². The van der Waals surface area contributed by atoms with E-state index in [0.29, 0.717) is 5.41 Å². The lowest BCUT2D eigenvalue weighted by molar-refractivity contribution is -0.00321. The van der Waals surface area contributed by atoms with Gasteiger partial charge < -0.3 is 5.73 Å². The van der Waals surface area contributed by atoms with Crippen LogP contribution in [0.2, 0.25) is 0 Å². The van der Waals surface area contributed by atoms with Crippen molar-refractivity contribution in [1.29, 1.82) is 0 Å². The summed E-state index contributed by atoms with van der Waals surface area (Å²) in [5.41, 5.74) is 8.44. The van der Waals surface area contributed by atoms with Gasteiger partial charge in [0.25, 0.3) is 0 Å². The van der Waals surface area contributed by atoms with Crippen molar-refractivity contribution >= 4 is 17.2 Å². The zero-order valence-electron chi connectivity index (χ0n) is 9.48. The minimum atomic E-state index is 0.444. The third-order valence-electron chi connectivity index (χ3n) is 5.11. The average Bonchev–Trinajstić information content (AvgIpc) is 2.62. The van der Waals surface area contributed by atoms with Crippen molar-refractivity contribution in [2.45, 2.75) is 43.9 Å². The molecule has 86 valence electrons. The molecule has 0 aromatic carbocycles. The topological polar surface area (TPSA) is 38.9 Å². The number of rotatable bonds is 1. The predicted molar refractivity (Wildman–Crippen MR) is 66.4 cm³/mol. The lowest BCUT2D eigenvalue weighted by Crippen LogP contribution is -2.48. The van der Waals surface area contributed by atoms with Gasteiger partial charge in [-0.3, -0.25) is 0 Å². The molecule has 1 aromatic heterocycles. The quantitative estimate of drug-likeness (QED) is 0.810. The van der Waals surface area contributed by atoms with Crippen LogP contribution < -0.4 is 5.73 Å². The van der Waals surface area contributed by atoms with Gasteiger partial charge in [0.2, 0.25) is 0 Å². The van der Waals surface area contributed by atoms with Crippen molar-refractivity contribution in [2.75, 3.05) is 5.73 Å². The molecule has 16 heavy (non-hydrogen) atoms. The maximum atomic E-state index is 6.06. The smallest absolute Gasteiger partial charge is 0.138 e. The summed E-state index contributed by atoms with van der Waals surface area (Å²) < 4.78 is 0. The third kappa shape index (κ3) is 1.15. The van der Waals surface area contributed by atoms with E-state index in [1.807, 2.05) is 5.51 Å². The maximum Gasteiger partial charge on any atom is 0.138 e. The van der Waals surface area contributed by atoms with Gasteiger partial charge in [-0.05, 0) is 56.3 Å². The molecular weight excluding hydrogens is 216 g/mol. The first-order chi connectivity index (χ1) is 7.75. The Morgan fingerprint density at radius 1 is 1.12 bits per heavy atom. The molecule has 4 aliphatic carbocycles. The molecule has 0 unspecified atom stereocenters. The first-order valence-electron chi connectivity index (χ1n) is 6.45. The summed E-state index contributed by atoms with van der Waals surface area (Å²) in [6, 6.07) is 0. The molecule has 0 spiro atoms. The van der Waals surface area contributed by atoms with Crippen molar-refractivity contribution in [2.24, 2.45) is 17.8 Å². The Labute approximate surface area is 100 Å². The van der Waals surface area contributed by atoms with E-state index in [1.54, 1.807) is 11.3 Å². The molecule has 5 rings (SSSR count). The second-order valence-electron chi connectivity index (χ2n) is 6.26. The molecule has 0 radical (unpaired) electrons. The average molecular weight is 234 g/mol. The summed E-state index contributed by atoms with van der Waals surface area (Å²) in [6.45, 7) is 0. The number of thiazole rings is 1. The van der Waals surface area contributed by atoms with Gasteiger partial charge in [0.15, 0.2) is 0 Å². The first-order valence-corrected chi connectivity index (χ1v) is 7.32. The molecule has 4 saturated carbocycles. The van der Waals surface area contributed by atoms with Gasteiger partial charge in [-0.25, -0.2) is 4.98 Å². The molecular formula is C13H18N2S. The van der Waals surface area contributed by atoms with E-state index in [9.17, 15) is 0 Å². The Balaban J connectivity index is 1.79. The normalized spacial score (nSPS) is 45.1. The number of hydrogen-bond acceptors (Lipinski definition) is 3. The minimum absolute atomic E-state index is 0.444. The van der Waals surface area contributed by atoms with Crippen LogP contribution in [0.3, 0.4) is 0 Å². The highest BCUT2D eigenvalue weighted by molar-refractivity contribution is 7.10. The van der Waals surface area contributed by atoms with Crippen LogP contribution in [0.5, 0.6) is 0 Å². The van der Waals surface area contributed by atoms with Crippen LogP contribution in [0.4, 0.5) is 5.82 Å². The van der Waals surface area contributed by atoms with Crippen LogP contribution in [0.1, 0.15) is 43.4 Å². The van der Waals surface area contributed by atoms with E-state index < -0.39 is 0 Å². The lowest BCUT2D eigenvalue weighted by Gasteiger charge is -2.56. The molecule has 4 fully saturated rings. The van der Waals surface area contributed by atoms with Gasteiger partial charge in [-0.1, -0.05) is 0 Å². The van der Waals surface area contributed by atoms with Gasteiger partial charge in [0, 0.05) is 5.41 Å². The van der Waals surface area contributed by atoms with Crippen LogP contribution in [-0.4, -0.2) is 4.98 Å². The first kappa shape index (κ1) is 9.46. The Bertz CT molecular complexity index is 388. The van der Waals surface area contributed by atoms with Crippen LogP contribution in [0, 0.1) is 17.8 Å². The second-order valence-corrected chi connectivity index (χ2v) is 7.12. The molecule has 1 aromatic rings. The zero-order valence-corrected chi connectivity index (χ0v) is 10.3. The Morgan fingerprint density at radius 3 is 2.12 bits per heavy atom. The van der Waals surface area contributed by atoms with E-state index in [1.165, 1.54) is 43.4 Å². The fraction of sp³-hybridized carbons (Fsp3) is 0.769. The number of hydrogen-bond donors (Lipinski definition) is 1. The van der Waals surface area contributed by atoms with Crippen LogP contribution >= 0.6 is 11.3 Å². The van der Waals surface area contributed by atoms with Crippen LogP contribution in [0.25, 0.3) is 0 Å². The largest absolute Gasteiger partial charge is 0.383 e. The van der Waals surface area contributed by atoms with E-state index >= 15 is 0 Å². The molecule has 4 aliphatic rings. The summed E-state index contributed by atoms with van der Waals surface area (Å²) in [4.78, 5) is 5.69. The van der Waals surface area contributed by atoms with Gasteiger partial charge in [-0.2, -0.15) is 0 Å². The zero-order chi connectivity index (χ0) is 10.8. The van der Waals surface area contributed by atoms with E-state index in [-0.39, 0.29) is 0 Å². The highest BCUT2D eigenvalue weighted by Crippen LogP contribution is 2.61. The van der Waals surface area contributed by atoms with Crippen molar-refractivity contribution in [3.05, 3.63) is 10.4 Å². The highest BCUT2D eigenvalue weighted by atomic mass is 32.1. The van der Waals surface area contributed by atoms with E-state index in [0.717, 1.165) is 23.6 Å². The molecule has 2 nitrogen and oxygen atoms in total. The molecule has 1 heterocycles. The van der Waals surface area contributed by atoms with Gasteiger partial charge in [0.05, 0.1) is 10.4 Å². The number of aromatic nitrogens is 1. The Hall–Kier alpha value is -0.570. The van der Waals surface area contributed by atoms with Crippen LogP contribution in [0.15, 0.2) is 5.51 Å². The minimum Gasteiger partial charge on any atom is -0.383 e. The molecule has 3 heteroatoms. The summed E-state index contributed by atoms with van der Waals surface area (Å²) in [5.74, 6) is 3.81. The van der Waals surface area contributed by atoms with Gasteiger partial charge in [-0.15, -0.1) is 11.3 Å². The molecule has 4 bridgehead atoms. The Kier molecular flexibility index (Phi) is 1.78. The maximum absolute atomic E-state index is 6.06. The van der Waals surface area contributed by atoms with Crippen molar-refractivity contribution in [1.82, 2.24) is 4.98 Å². The molecule has 0 aliphatic heterocycles. The molecule has 0 saturated heterocycles. The number of nitrogens with two attached hydrogens (primary N) is 1. The standard InChI is InChI=1S/C13H18N2S/c14-12-11(16-7-15-12)13-4-8-1-9(5-13)3-10(2-8)6-13/h7-10H,1-6,14H2. The summed E-state index contributed by atoms with van der Waals surface area (Å²) in [6.07, 6.45) is 8.68. The lowest BCUT2D eigenvalue weighted by atomic mass is 9.49.